The SMILES string of the molecule is CCCCCCCCC/C=C/C(O)C(CO)NC(=O)CCCCCCCCCCCCCCCCCCCCCCCCCCCCCCCCCCOC(=O)CCCCCCCCCCCCCCCCCCCCC. The van der Waals surface area contributed by atoms with Crippen LogP contribution in [0.3, 0.4) is 0 Å². The van der Waals surface area contributed by atoms with Crippen LogP contribution in [0.4, 0.5) is 0 Å². The molecule has 0 aliphatic carbocycles. The normalized spacial score (nSPS) is 12.5. The number of hydrogen-bond acceptors (Lipinski definition) is 5. The zero-order valence-electron chi connectivity index (χ0n) is 52.5. The van der Waals surface area contributed by atoms with Crippen molar-refractivity contribution in [2.75, 3.05) is 13.2 Å². The van der Waals surface area contributed by atoms with Crippen molar-refractivity contribution in [3.8, 4) is 0 Å². The van der Waals surface area contributed by atoms with Crippen molar-refractivity contribution in [1.82, 2.24) is 5.32 Å². The Kier molecular flexibility index (Phi) is 65.9. The van der Waals surface area contributed by atoms with Crippen LogP contribution in [0, 0.1) is 0 Å². The maximum absolute atomic E-state index is 12.4. The van der Waals surface area contributed by atoms with Crippen molar-refractivity contribution in [1.29, 1.82) is 0 Å². The van der Waals surface area contributed by atoms with Gasteiger partial charge in [-0.25, -0.2) is 0 Å². The van der Waals surface area contributed by atoms with E-state index in [9.17, 15) is 19.8 Å². The van der Waals surface area contributed by atoms with Gasteiger partial charge in [0, 0.05) is 12.8 Å². The van der Waals surface area contributed by atoms with Gasteiger partial charge in [-0.05, 0) is 32.1 Å². The second-order valence-electron chi connectivity index (χ2n) is 24.6. The predicted octanol–water partition coefficient (Wildman–Crippen LogP) is 22.8. The lowest BCUT2D eigenvalue weighted by Gasteiger charge is -2.20. The Bertz CT molecular complexity index is 1160. The van der Waals surface area contributed by atoms with E-state index in [0.29, 0.717) is 19.4 Å². The minimum absolute atomic E-state index is 0.0265. The number of amides is 1. The molecule has 0 aromatic rings. The highest BCUT2D eigenvalue weighted by Crippen LogP contribution is 2.19. The van der Waals surface area contributed by atoms with Crippen molar-refractivity contribution in [2.24, 2.45) is 0 Å². The molecule has 1 amide bonds. The van der Waals surface area contributed by atoms with E-state index in [-0.39, 0.29) is 18.5 Å². The van der Waals surface area contributed by atoms with Crippen molar-refractivity contribution >= 4 is 11.9 Å². The van der Waals surface area contributed by atoms with Crippen LogP contribution in [0.25, 0.3) is 0 Å². The number of carbonyl (C=O) groups is 2. The molecule has 3 N–H and O–H groups in total. The van der Waals surface area contributed by atoms with Gasteiger partial charge in [0.25, 0.3) is 0 Å². The molecule has 0 aliphatic rings. The largest absolute Gasteiger partial charge is 0.466 e. The van der Waals surface area contributed by atoms with Gasteiger partial charge in [0.15, 0.2) is 0 Å². The summed E-state index contributed by atoms with van der Waals surface area (Å²) in [5.41, 5.74) is 0. The van der Waals surface area contributed by atoms with Gasteiger partial charge in [0.1, 0.15) is 0 Å². The Morgan fingerprint density at radius 2 is 0.597 bits per heavy atom. The van der Waals surface area contributed by atoms with E-state index in [1.165, 1.54) is 340 Å². The Hall–Kier alpha value is -1.40. The third-order valence-corrected chi connectivity index (χ3v) is 16.8. The van der Waals surface area contributed by atoms with E-state index < -0.39 is 12.1 Å². The number of carbonyl (C=O) groups excluding carboxylic acids is 2. The van der Waals surface area contributed by atoms with Crippen molar-refractivity contribution in [3.05, 3.63) is 12.2 Å². The topological polar surface area (TPSA) is 95.9 Å². The third-order valence-electron chi connectivity index (χ3n) is 16.8. The smallest absolute Gasteiger partial charge is 0.305 e. The van der Waals surface area contributed by atoms with Crippen LogP contribution >= 0.6 is 0 Å². The molecular weight excluding hydrogens is 947 g/mol. The van der Waals surface area contributed by atoms with Crippen LogP contribution in [-0.4, -0.2) is 47.4 Å². The Morgan fingerprint density at radius 1 is 0.351 bits per heavy atom. The molecule has 6 heteroatoms. The maximum atomic E-state index is 12.4. The molecular formula is C71H139NO5. The monoisotopic (exact) mass is 1090 g/mol. The number of allylic oxidation sites excluding steroid dienone is 1. The molecule has 0 bridgehead atoms. The van der Waals surface area contributed by atoms with E-state index in [0.717, 1.165) is 38.5 Å². The van der Waals surface area contributed by atoms with Gasteiger partial charge >= 0.3 is 5.97 Å². The van der Waals surface area contributed by atoms with Crippen molar-refractivity contribution in [2.45, 2.75) is 418 Å². The minimum Gasteiger partial charge on any atom is -0.466 e. The first kappa shape index (κ1) is 75.6. The first-order chi connectivity index (χ1) is 38.0. The van der Waals surface area contributed by atoms with Gasteiger partial charge < -0.3 is 20.3 Å². The molecule has 0 saturated heterocycles. The number of rotatable bonds is 67. The van der Waals surface area contributed by atoms with Crippen LogP contribution in [0.5, 0.6) is 0 Å². The van der Waals surface area contributed by atoms with Crippen molar-refractivity contribution in [3.63, 3.8) is 0 Å². The highest BCUT2D eigenvalue weighted by molar-refractivity contribution is 5.76. The van der Waals surface area contributed by atoms with Crippen LogP contribution in [0.15, 0.2) is 12.2 Å². The second kappa shape index (κ2) is 67.1. The summed E-state index contributed by atoms with van der Waals surface area (Å²) in [6, 6.07) is -0.621. The lowest BCUT2D eigenvalue weighted by atomic mass is 10.0. The molecule has 0 radical (unpaired) electrons. The van der Waals surface area contributed by atoms with E-state index in [1.54, 1.807) is 6.08 Å². The number of unbranched alkanes of at least 4 members (excludes halogenated alkanes) is 56. The fourth-order valence-corrected chi connectivity index (χ4v) is 11.4. The van der Waals surface area contributed by atoms with Crippen LogP contribution < -0.4 is 5.32 Å². The highest BCUT2D eigenvalue weighted by atomic mass is 16.5. The number of esters is 1. The van der Waals surface area contributed by atoms with Gasteiger partial charge in [0.05, 0.1) is 25.4 Å². The summed E-state index contributed by atoms with van der Waals surface area (Å²) in [6.45, 7) is 4.92. The van der Waals surface area contributed by atoms with Gasteiger partial charge in [-0.3, -0.25) is 9.59 Å². The minimum atomic E-state index is -0.838. The summed E-state index contributed by atoms with van der Waals surface area (Å²) in [5.74, 6) is -0.0377. The second-order valence-corrected chi connectivity index (χ2v) is 24.6. The van der Waals surface area contributed by atoms with E-state index in [2.05, 4.69) is 19.2 Å². The molecule has 0 spiro atoms. The highest BCUT2D eigenvalue weighted by Gasteiger charge is 2.18. The Morgan fingerprint density at radius 3 is 0.883 bits per heavy atom. The lowest BCUT2D eigenvalue weighted by Crippen LogP contribution is -2.45. The summed E-state index contributed by atoms with van der Waals surface area (Å²) >= 11 is 0. The average molecular weight is 1090 g/mol. The number of nitrogens with one attached hydrogen (secondary N) is 1. The summed E-state index contributed by atoms with van der Waals surface area (Å²) < 4.78 is 5.52. The fraction of sp³-hybridized carbons (Fsp3) is 0.944. The molecule has 2 atom stereocenters. The standard InChI is InChI=1S/C71H139NO5/c1-3-5-7-9-11-13-14-15-16-17-32-36-39-42-45-49-53-57-61-65-71(76)77-66-62-58-54-50-46-43-40-37-34-31-29-27-25-23-21-19-18-20-22-24-26-28-30-33-35-38-41-44-48-52-56-60-64-70(75)72-68(67-73)69(74)63-59-55-51-47-12-10-8-6-4-2/h59,63,68-69,73-74H,3-58,60-62,64-67H2,1-2H3,(H,72,75)/b63-59+. The van der Waals surface area contributed by atoms with E-state index in [1.807, 2.05) is 6.08 Å². The summed E-state index contributed by atoms with van der Waals surface area (Å²) in [4.78, 5) is 24.5. The number of aliphatic hydroxyl groups excluding tert-OH is 2. The molecule has 0 rings (SSSR count). The van der Waals surface area contributed by atoms with Crippen LogP contribution in [0.2, 0.25) is 0 Å². The summed E-state index contributed by atoms with van der Waals surface area (Å²) in [6.07, 6.45) is 83.2. The molecule has 0 fully saturated rings. The molecule has 0 heterocycles. The Balaban J connectivity index is 3.27. The quantitative estimate of drug-likeness (QED) is 0.0320. The molecule has 2 unspecified atom stereocenters. The molecule has 0 saturated carbocycles. The summed E-state index contributed by atoms with van der Waals surface area (Å²) in [5, 5.41) is 23.0. The molecule has 458 valence electrons. The van der Waals surface area contributed by atoms with Crippen LogP contribution in [0.1, 0.15) is 406 Å². The fourth-order valence-electron chi connectivity index (χ4n) is 11.4. The first-order valence-corrected chi connectivity index (χ1v) is 35.5. The zero-order valence-corrected chi connectivity index (χ0v) is 52.5. The van der Waals surface area contributed by atoms with Gasteiger partial charge in [-0.1, -0.05) is 373 Å². The molecule has 6 nitrogen and oxygen atoms in total. The lowest BCUT2D eigenvalue weighted by molar-refractivity contribution is -0.143. The van der Waals surface area contributed by atoms with Gasteiger partial charge in [-0.15, -0.1) is 0 Å². The number of ether oxygens (including phenoxy) is 1. The predicted molar refractivity (Wildman–Crippen MR) is 338 cm³/mol. The third kappa shape index (κ3) is 63.6. The molecule has 77 heavy (non-hydrogen) atoms. The van der Waals surface area contributed by atoms with Crippen molar-refractivity contribution < 1.29 is 24.5 Å². The zero-order chi connectivity index (χ0) is 55.7. The maximum Gasteiger partial charge on any atom is 0.305 e. The average Bonchev–Trinajstić information content (AvgIpc) is 3.43. The van der Waals surface area contributed by atoms with Gasteiger partial charge in [0.2, 0.25) is 5.91 Å². The number of hydrogen-bond donors (Lipinski definition) is 3. The number of aliphatic hydroxyl groups is 2. The molecule has 0 aromatic heterocycles. The Labute approximate surface area is 482 Å². The van der Waals surface area contributed by atoms with E-state index in [4.69, 9.17) is 4.74 Å². The molecule has 0 aliphatic heterocycles. The summed E-state index contributed by atoms with van der Waals surface area (Å²) in [7, 11) is 0. The first-order valence-electron chi connectivity index (χ1n) is 35.5. The molecule has 0 aromatic carbocycles. The van der Waals surface area contributed by atoms with Gasteiger partial charge in [-0.2, -0.15) is 0 Å². The van der Waals surface area contributed by atoms with E-state index >= 15 is 0 Å². The van der Waals surface area contributed by atoms with Crippen LogP contribution in [-0.2, 0) is 14.3 Å².